The van der Waals surface area contributed by atoms with Crippen LogP contribution in [0.1, 0.15) is 38.3 Å². The predicted octanol–water partition coefficient (Wildman–Crippen LogP) is 3.04. The topological polar surface area (TPSA) is 71.0 Å². The van der Waals surface area contributed by atoms with E-state index in [1.165, 1.54) is 11.3 Å². The van der Waals surface area contributed by atoms with Gasteiger partial charge in [-0.15, -0.1) is 11.3 Å². The maximum Gasteiger partial charge on any atom is 0.225 e. The summed E-state index contributed by atoms with van der Waals surface area (Å²) < 4.78 is 0. The second-order valence-corrected chi connectivity index (χ2v) is 6.96. The number of likely N-dealkylation sites (tertiary alicyclic amines) is 1. The average molecular weight is 331 g/mol. The molecule has 0 bridgehead atoms. The van der Waals surface area contributed by atoms with Gasteiger partial charge < -0.3 is 10.2 Å². The van der Waals surface area contributed by atoms with Crippen LogP contribution < -0.4 is 5.32 Å². The zero-order chi connectivity index (χ0) is 16.2. The van der Waals surface area contributed by atoms with Crippen LogP contribution in [0.4, 0.5) is 10.9 Å². The van der Waals surface area contributed by atoms with Crippen molar-refractivity contribution in [1.29, 1.82) is 0 Å². The maximum absolute atomic E-state index is 12.2. The van der Waals surface area contributed by atoms with Gasteiger partial charge in [-0.05, 0) is 12.8 Å². The number of nitrogens with one attached hydrogen (secondary N) is 1. The molecule has 23 heavy (non-hydrogen) atoms. The van der Waals surface area contributed by atoms with Crippen LogP contribution in [-0.4, -0.2) is 38.8 Å². The number of piperidine rings is 1. The first-order valence-corrected chi connectivity index (χ1v) is 8.78. The van der Waals surface area contributed by atoms with E-state index in [1.54, 1.807) is 12.4 Å². The van der Waals surface area contributed by atoms with E-state index in [2.05, 4.69) is 20.3 Å². The molecule has 122 valence electrons. The minimum absolute atomic E-state index is 0.0460. The summed E-state index contributed by atoms with van der Waals surface area (Å²) in [7, 11) is 0. The van der Waals surface area contributed by atoms with Gasteiger partial charge in [-0.1, -0.05) is 13.8 Å². The molecule has 7 heteroatoms. The highest BCUT2D eigenvalue weighted by Gasteiger charge is 2.26. The molecule has 6 nitrogen and oxygen atoms in total. The lowest BCUT2D eigenvalue weighted by Crippen LogP contribution is -2.41. The third-order valence-corrected chi connectivity index (χ3v) is 4.67. The number of nitrogens with zero attached hydrogens (tertiary/aromatic N) is 4. The van der Waals surface area contributed by atoms with Crippen LogP contribution in [0.2, 0.25) is 0 Å². The van der Waals surface area contributed by atoms with Gasteiger partial charge in [0.15, 0.2) is 10.9 Å². The van der Waals surface area contributed by atoms with Gasteiger partial charge in [-0.3, -0.25) is 9.78 Å². The molecule has 3 heterocycles. The van der Waals surface area contributed by atoms with Crippen LogP contribution >= 0.6 is 11.3 Å². The lowest BCUT2D eigenvalue weighted by molar-refractivity contribution is -0.135. The van der Waals surface area contributed by atoms with Crippen molar-refractivity contribution in [3.8, 4) is 0 Å². The van der Waals surface area contributed by atoms with Crippen LogP contribution in [0.5, 0.6) is 0 Å². The minimum atomic E-state index is 0.0460. The Bertz CT molecular complexity index is 641. The first kappa shape index (κ1) is 15.9. The Kier molecular flexibility index (Phi) is 4.85. The molecule has 0 radical (unpaired) electrons. The number of anilines is 2. The molecular formula is C16H21N5OS. The van der Waals surface area contributed by atoms with Gasteiger partial charge in [0.2, 0.25) is 5.91 Å². The number of thiazole rings is 1. The lowest BCUT2D eigenvalue weighted by atomic mass is 9.94. The summed E-state index contributed by atoms with van der Waals surface area (Å²) in [5.41, 5.74) is 0.955. The SMILES string of the molecule is CC(C)C(=O)N1CCCC(c2cnc(Nc3nccs3)cn2)C1. The van der Waals surface area contributed by atoms with Crippen molar-refractivity contribution in [2.24, 2.45) is 5.92 Å². The van der Waals surface area contributed by atoms with Crippen LogP contribution in [0, 0.1) is 5.92 Å². The number of carbonyl (C=O) groups excluding carboxylic acids is 1. The molecule has 2 aromatic rings. The zero-order valence-electron chi connectivity index (χ0n) is 13.4. The number of hydrogen-bond acceptors (Lipinski definition) is 6. The lowest BCUT2D eigenvalue weighted by Gasteiger charge is -2.33. The van der Waals surface area contributed by atoms with Crippen LogP contribution in [0.15, 0.2) is 24.0 Å². The van der Waals surface area contributed by atoms with Crippen LogP contribution in [0.3, 0.4) is 0 Å². The summed E-state index contributed by atoms with van der Waals surface area (Å²) in [6, 6.07) is 0. The smallest absolute Gasteiger partial charge is 0.225 e. The molecule has 1 N–H and O–H groups in total. The van der Waals surface area contributed by atoms with Crippen molar-refractivity contribution in [2.45, 2.75) is 32.6 Å². The summed E-state index contributed by atoms with van der Waals surface area (Å²) >= 11 is 1.52. The first-order chi connectivity index (χ1) is 11.1. The standard InChI is InChI=1S/C16H21N5OS/c1-11(2)15(22)21-6-3-4-12(10-21)13-8-19-14(9-18-13)20-16-17-5-7-23-16/h5,7-9,11-12H,3-4,6,10H2,1-2H3,(H,17,19,20). The van der Waals surface area contributed by atoms with E-state index in [9.17, 15) is 4.79 Å². The molecule has 1 aliphatic heterocycles. The Morgan fingerprint density at radius 2 is 2.22 bits per heavy atom. The Morgan fingerprint density at radius 1 is 1.35 bits per heavy atom. The van der Waals surface area contributed by atoms with Gasteiger partial charge in [0.1, 0.15) is 0 Å². The molecule has 0 aliphatic carbocycles. The summed E-state index contributed by atoms with van der Waals surface area (Å²) in [5.74, 6) is 1.23. The molecular weight excluding hydrogens is 310 g/mol. The quantitative estimate of drug-likeness (QED) is 0.932. The van der Waals surface area contributed by atoms with Crippen molar-refractivity contribution in [3.63, 3.8) is 0 Å². The van der Waals surface area contributed by atoms with E-state index in [0.717, 1.165) is 36.8 Å². The molecule has 1 amide bonds. The fourth-order valence-corrected chi connectivity index (χ4v) is 3.33. The summed E-state index contributed by atoms with van der Waals surface area (Å²) in [4.78, 5) is 27.3. The molecule has 1 unspecified atom stereocenters. The highest BCUT2D eigenvalue weighted by molar-refractivity contribution is 7.13. The number of amides is 1. The van der Waals surface area contributed by atoms with Gasteiger partial charge in [-0.25, -0.2) is 9.97 Å². The highest BCUT2D eigenvalue weighted by Crippen LogP contribution is 2.26. The first-order valence-electron chi connectivity index (χ1n) is 7.90. The molecule has 3 rings (SSSR count). The highest BCUT2D eigenvalue weighted by atomic mass is 32.1. The Labute approximate surface area is 140 Å². The summed E-state index contributed by atoms with van der Waals surface area (Å²) in [6.07, 6.45) is 7.36. The van der Waals surface area contributed by atoms with Gasteiger partial charge in [0.05, 0.1) is 18.1 Å². The Hall–Kier alpha value is -2.02. The fraction of sp³-hybridized carbons (Fsp3) is 0.500. The van der Waals surface area contributed by atoms with E-state index in [4.69, 9.17) is 0 Å². The molecule has 1 fully saturated rings. The van der Waals surface area contributed by atoms with E-state index < -0.39 is 0 Å². The van der Waals surface area contributed by atoms with Gasteiger partial charge in [0.25, 0.3) is 0 Å². The van der Waals surface area contributed by atoms with Gasteiger partial charge in [0, 0.05) is 36.5 Å². The van der Waals surface area contributed by atoms with Crippen LogP contribution in [0.25, 0.3) is 0 Å². The number of rotatable bonds is 4. The van der Waals surface area contributed by atoms with E-state index in [0.29, 0.717) is 5.82 Å². The number of aromatic nitrogens is 3. The van der Waals surface area contributed by atoms with E-state index in [1.807, 2.05) is 30.3 Å². The fourth-order valence-electron chi connectivity index (χ4n) is 2.79. The number of hydrogen-bond donors (Lipinski definition) is 1. The molecule has 2 aromatic heterocycles. The van der Waals surface area contributed by atoms with Crippen LogP contribution in [-0.2, 0) is 4.79 Å². The monoisotopic (exact) mass is 331 g/mol. The molecule has 0 spiro atoms. The number of carbonyl (C=O) groups is 1. The molecule has 1 atom stereocenters. The minimum Gasteiger partial charge on any atom is -0.342 e. The molecule has 1 saturated heterocycles. The predicted molar refractivity (Wildman–Crippen MR) is 90.8 cm³/mol. The summed E-state index contributed by atoms with van der Waals surface area (Å²) in [6.45, 7) is 5.49. The molecule has 0 aromatic carbocycles. The molecule has 1 aliphatic rings. The van der Waals surface area contributed by atoms with Gasteiger partial charge in [-0.2, -0.15) is 0 Å². The Morgan fingerprint density at radius 3 is 2.87 bits per heavy atom. The second kappa shape index (κ2) is 7.04. The normalized spacial score (nSPS) is 18.2. The maximum atomic E-state index is 12.2. The largest absolute Gasteiger partial charge is 0.342 e. The van der Waals surface area contributed by atoms with Crippen molar-refractivity contribution in [1.82, 2.24) is 19.9 Å². The third-order valence-electron chi connectivity index (χ3n) is 3.98. The van der Waals surface area contributed by atoms with Gasteiger partial charge >= 0.3 is 0 Å². The zero-order valence-corrected chi connectivity index (χ0v) is 14.2. The van der Waals surface area contributed by atoms with Crippen molar-refractivity contribution < 1.29 is 4.79 Å². The van der Waals surface area contributed by atoms with Crippen molar-refractivity contribution >= 4 is 28.2 Å². The summed E-state index contributed by atoms with van der Waals surface area (Å²) in [5, 5.41) is 5.84. The second-order valence-electron chi connectivity index (χ2n) is 6.07. The van der Waals surface area contributed by atoms with E-state index in [-0.39, 0.29) is 17.7 Å². The van der Waals surface area contributed by atoms with E-state index >= 15 is 0 Å². The molecule has 0 saturated carbocycles. The van der Waals surface area contributed by atoms with Crippen molar-refractivity contribution in [2.75, 3.05) is 18.4 Å². The third kappa shape index (κ3) is 3.85. The Balaban J connectivity index is 1.65. The van der Waals surface area contributed by atoms with Crippen molar-refractivity contribution in [3.05, 3.63) is 29.7 Å². The average Bonchev–Trinajstić information content (AvgIpc) is 3.08.